The lowest BCUT2D eigenvalue weighted by Gasteiger charge is -2.17. The van der Waals surface area contributed by atoms with Crippen molar-refractivity contribution in [1.29, 1.82) is 0 Å². The lowest BCUT2D eigenvalue weighted by atomic mass is 10.0. The van der Waals surface area contributed by atoms with Gasteiger partial charge in [0.15, 0.2) is 0 Å². The Labute approximate surface area is 152 Å². The molecule has 3 rings (SSSR count). The molecule has 3 aromatic carbocycles. The quantitative estimate of drug-likeness (QED) is 0.670. The molecule has 1 atom stereocenters. The van der Waals surface area contributed by atoms with Crippen molar-refractivity contribution in [2.45, 2.75) is 23.8 Å². The summed E-state index contributed by atoms with van der Waals surface area (Å²) in [5.74, 6) is -1.05. The van der Waals surface area contributed by atoms with Crippen molar-refractivity contribution < 1.29 is 18.3 Å². The molecule has 134 valence electrons. The minimum Gasteiger partial charge on any atom is -0.481 e. The fraction of sp³-hybridized carbons (Fsp3) is 0.150. The first-order chi connectivity index (χ1) is 12.4. The first kappa shape index (κ1) is 18.1. The zero-order chi connectivity index (χ0) is 18.6. The molecule has 3 aromatic rings. The van der Waals surface area contributed by atoms with Gasteiger partial charge in [-0.05, 0) is 34.9 Å². The van der Waals surface area contributed by atoms with Crippen LogP contribution in [0.25, 0.3) is 10.8 Å². The molecule has 0 aliphatic rings. The fourth-order valence-corrected chi connectivity index (χ4v) is 4.16. The summed E-state index contributed by atoms with van der Waals surface area (Å²) in [4.78, 5) is 11.3. The number of benzene rings is 3. The van der Waals surface area contributed by atoms with Gasteiger partial charge in [-0.25, -0.2) is 13.1 Å². The molecule has 0 bridgehead atoms. The molecule has 0 aliphatic heterocycles. The molecule has 5 nitrogen and oxygen atoms in total. The Kier molecular flexibility index (Phi) is 5.35. The number of carbonyl (C=O) groups is 1. The normalized spacial score (nSPS) is 12.8. The van der Waals surface area contributed by atoms with Gasteiger partial charge in [0.1, 0.15) is 0 Å². The van der Waals surface area contributed by atoms with E-state index in [0.29, 0.717) is 6.42 Å². The molecule has 0 aromatic heterocycles. The van der Waals surface area contributed by atoms with E-state index in [1.807, 2.05) is 54.6 Å². The Morgan fingerprint density at radius 3 is 2.27 bits per heavy atom. The van der Waals surface area contributed by atoms with E-state index in [2.05, 4.69) is 4.72 Å². The molecule has 6 heteroatoms. The molecule has 0 aliphatic carbocycles. The summed E-state index contributed by atoms with van der Waals surface area (Å²) in [5, 5.41) is 10.9. The molecule has 0 saturated carbocycles. The van der Waals surface area contributed by atoms with Gasteiger partial charge in [-0.2, -0.15) is 0 Å². The third-order valence-electron chi connectivity index (χ3n) is 4.10. The van der Waals surface area contributed by atoms with Crippen LogP contribution in [0.3, 0.4) is 0 Å². The number of carboxylic acid groups (broad SMARTS) is 1. The predicted molar refractivity (Wildman–Crippen MR) is 100 cm³/mol. The van der Waals surface area contributed by atoms with E-state index in [9.17, 15) is 13.2 Å². The number of sulfonamides is 1. The highest BCUT2D eigenvalue weighted by Crippen LogP contribution is 2.20. The van der Waals surface area contributed by atoms with Crippen molar-refractivity contribution in [1.82, 2.24) is 4.72 Å². The third kappa shape index (κ3) is 4.47. The first-order valence-corrected chi connectivity index (χ1v) is 9.69. The highest BCUT2D eigenvalue weighted by Gasteiger charge is 2.22. The number of hydrogen-bond donors (Lipinski definition) is 2. The van der Waals surface area contributed by atoms with Crippen LogP contribution < -0.4 is 4.72 Å². The molecule has 0 radical (unpaired) electrons. The summed E-state index contributed by atoms with van der Waals surface area (Å²) in [6.45, 7) is 0. The van der Waals surface area contributed by atoms with Gasteiger partial charge in [-0.3, -0.25) is 4.79 Å². The van der Waals surface area contributed by atoms with E-state index in [0.717, 1.165) is 16.3 Å². The second kappa shape index (κ2) is 7.68. The number of rotatable bonds is 7. The summed E-state index contributed by atoms with van der Waals surface area (Å²) in [6, 6.07) is 20.8. The van der Waals surface area contributed by atoms with Gasteiger partial charge in [0.2, 0.25) is 10.0 Å². The van der Waals surface area contributed by atoms with E-state index in [1.165, 1.54) is 6.07 Å². The number of fused-ring (bicyclic) bond motifs is 1. The van der Waals surface area contributed by atoms with Gasteiger partial charge in [-0.15, -0.1) is 0 Å². The molecular weight excluding hydrogens is 350 g/mol. The highest BCUT2D eigenvalue weighted by atomic mass is 32.2. The molecule has 0 fully saturated rings. The Hall–Kier alpha value is -2.70. The lowest BCUT2D eigenvalue weighted by Crippen LogP contribution is -2.38. The van der Waals surface area contributed by atoms with Crippen LogP contribution in [0.2, 0.25) is 0 Å². The summed E-state index contributed by atoms with van der Waals surface area (Å²) in [6.07, 6.45) is 0.0155. The fourth-order valence-electron chi connectivity index (χ4n) is 2.89. The van der Waals surface area contributed by atoms with Gasteiger partial charge in [0, 0.05) is 6.04 Å². The number of carboxylic acids is 1. The van der Waals surface area contributed by atoms with Gasteiger partial charge < -0.3 is 5.11 Å². The molecule has 0 heterocycles. The van der Waals surface area contributed by atoms with Crippen LogP contribution in [0, 0.1) is 0 Å². The van der Waals surface area contributed by atoms with Gasteiger partial charge >= 0.3 is 5.97 Å². The van der Waals surface area contributed by atoms with E-state index >= 15 is 0 Å². The molecule has 0 spiro atoms. The van der Waals surface area contributed by atoms with Crippen LogP contribution in [0.4, 0.5) is 0 Å². The van der Waals surface area contributed by atoms with E-state index in [-0.39, 0.29) is 11.3 Å². The minimum absolute atomic E-state index is 0.125. The largest absolute Gasteiger partial charge is 0.481 e. The molecule has 26 heavy (non-hydrogen) atoms. The van der Waals surface area contributed by atoms with Crippen molar-refractivity contribution in [2.75, 3.05) is 0 Å². The zero-order valence-corrected chi connectivity index (χ0v) is 14.8. The van der Waals surface area contributed by atoms with Crippen molar-refractivity contribution in [3.05, 3.63) is 78.4 Å². The van der Waals surface area contributed by atoms with Gasteiger partial charge in [0.05, 0.1) is 11.3 Å². The standard InChI is InChI=1S/C20H19NO4S/c22-20(23)14-18(12-15-6-2-1-3-7-15)21-26(24,25)19-11-10-16-8-4-5-9-17(16)13-19/h1-11,13,18,21H,12,14H2,(H,22,23). The Bertz CT molecular complexity index is 1020. The Balaban J connectivity index is 1.86. The molecule has 0 saturated heterocycles. The van der Waals surface area contributed by atoms with Crippen molar-refractivity contribution >= 4 is 26.8 Å². The maximum atomic E-state index is 12.8. The van der Waals surface area contributed by atoms with E-state index in [4.69, 9.17) is 5.11 Å². The van der Waals surface area contributed by atoms with Gasteiger partial charge in [0.25, 0.3) is 0 Å². The predicted octanol–water partition coefficient (Wildman–Crippen LogP) is 3.20. The Morgan fingerprint density at radius 1 is 0.923 bits per heavy atom. The first-order valence-electron chi connectivity index (χ1n) is 8.21. The van der Waals surface area contributed by atoms with Crippen LogP contribution in [-0.4, -0.2) is 25.5 Å². The average Bonchev–Trinajstić information content (AvgIpc) is 2.61. The van der Waals surface area contributed by atoms with Crippen LogP contribution in [0.5, 0.6) is 0 Å². The summed E-state index contributed by atoms with van der Waals surface area (Å²) >= 11 is 0. The maximum absolute atomic E-state index is 12.8. The second-order valence-corrected chi connectivity index (χ2v) is 7.83. The third-order valence-corrected chi connectivity index (χ3v) is 5.62. The second-order valence-electron chi connectivity index (χ2n) is 6.11. The smallest absolute Gasteiger partial charge is 0.304 e. The molecule has 0 amide bonds. The van der Waals surface area contributed by atoms with Crippen LogP contribution in [-0.2, 0) is 21.2 Å². The van der Waals surface area contributed by atoms with Crippen LogP contribution in [0.15, 0.2) is 77.7 Å². The number of nitrogens with one attached hydrogen (secondary N) is 1. The van der Waals surface area contributed by atoms with Crippen LogP contribution >= 0.6 is 0 Å². The zero-order valence-electron chi connectivity index (χ0n) is 14.0. The average molecular weight is 369 g/mol. The SMILES string of the molecule is O=C(O)CC(Cc1ccccc1)NS(=O)(=O)c1ccc2ccccc2c1. The maximum Gasteiger partial charge on any atom is 0.304 e. The summed E-state index contributed by atoms with van der Waals surface area (Å²) in [5.41, 5.74) is 0.875. The monoisotopic (exact) mass is 369 g/mol. The molecular formula is C20H19NO4S. The van der Waals surface area contributed by atoms with Crippen molar-refractivity contribution in [2.24, 2.45) is 0 Å². The molecule has 2 N–H and O–H groups in total. The van der Waals surface area contributed by atoms with Crippen LogP contribution in [0.1, 0.15) is 12.0 Å². The Morgan fingerprint density at radius 2 is 1.58 bits per heavy atom. The summed E-state index contributed by atoms with van der Waals surface area (Å²) in [7, 11) is -3.83. The lowest BCUT2D eigenvalue weighted by molar-refractivity contribution is -0.137. The van der Waals surface area contributed by atoms with E-state index < -0.39 is 22.0 Å². The molecule has 1 unspecified atom stereocenters. The van der Waals surface area contributed by atoms with Gasteiger partial charge in [-0.1, -0.05) is 60.7 Å². The highest BCUT2D eigenvalue weighted by molar-refractivity contribution is 7.89. The topological polar surface area (TPSA) is 83.5 Å². The number of hydrogen-bond acceptors (Lipinski definition) is 3. The minimum atomic E-state index is -3.83. The van der Waals surface area contributed by atoms with E-state index in [1.54, 1.807) is 12.1 Å². The van der Waals surface area contributed by atoms with Crippen molar-refractivity contribution in [3.8, 4) is 0 Å². The van der Waals surface area contributed by atoms with Crippen molar-refractivity contribution in [3.63, 3.8) is 0 Å². The number of aliphatic carboxylic acids is 1. The summed E-state index contributed by atoms with van der Waals surface area (Å²) < 4.78 is 28.1.